The predicted molar refractivity (Wildman–Crippen MR) is 132 cm³/mol. The first-order chi connectivity index (χ1) is 17.3. The maximum atomic E-state index is 13.4. The Balaban J connectivity index is 1.51. The van der Waals surface area contributed by atoms with Gasteiger partial charge in [0, 0.05) is 54.3 Å². The highest BCUT2D eigenvalue weighted by molar-refractivity contribution is 5.97. The molecule has 0 saturated heterocycles. The number of benzene rings is 2. The zero-order valence-electron chi connectivity index (χ0n) is 19.2. The molecule has 3 N–H and O–H groups in total. The lowest BCUT2D eigenvalue weighted by molar-refractivity contribution is -0.118. The SMILES string of the molecule is O=C(CCCO)Cc1cc2c(Nc3ccc(CC(=O)c4ccc(F)c(F)c4)cc3)ccnc2[nH]c1=O. The number of hydrogen-bond donors (Lipinski definition) is 3. The quantitative estimate of drug-likeness (QED) is 0.286. The summed E-state index contributed by atoms with van der Waals surface area (Å²) >= 11 is 0. The summed E-state index contributed by atoms with van der Waals surface area (Å²) in [6, 6.07) is 13.5. The highest BCUT2D eigenvalue weighted by Gasteiger charge is 2.13. The number of H-pyrrole nitrogens is 1. The Morgan fingerprint density at radius 3 is 2.47 bits per heavy atom. The van der Waals surface area contributed by atoms with Gasteiger partial charge in [-0.15, -0.1) is 0 Å². The van der Waals surface area contributed by atoms with E-state index in [1.54, 1.807) is 42.6 Å². The Morgan fingerprint density at radius 2 is 1.75 bits per heavy atom. The molecule has 4 rings (SSSR count). The van der Waals surface area contributed by atoms with Gasteiger partial charge < -0.3 is 15.4 Å². The van der Waals surface area contributed by atoms with E-state index in [9.17, 15) is 23.2 Å². The first-order valence-electron chi connectivity index (χ1n) is 11.3. The van der Waals surface area contributed by atoms with E-state index in [0.29, 0.717) is 40.0 Å². The van der Waals surface area contributed by atoms with E-state index in [4.69, 9.17) is 5.11 Å². The number of nitrogens with one attached hydrogen (secondary N) is 2. The average molecular weight is 491 g/mol. The number of anilines is 2. The molecule has 4 aromatic rings. The van der Waals surface area contributed by atoms with Crippen LogP contribution in [-0.2, 0) is 17.6 Å². The molecule has 2 aromatic carbocycles. The molecule has 0 bridgehead atoms. The van der Waals surface area contributed by atoms with Gasteiger partial charge in [-0.1, -0.05) is 12.1 Å². The fourth-order valence-corrected chi connectivity index (χ4v) is 3.78. The molecule has 0 fully saturated rings. The summed E-state index contributed by atoms with van der Waals surface area (Å²) in [5.41, 5.74) is 2.45. The third kappa shape index (κ3) is 5.87. The molecule has 7 nitrogen and oxygen atoms in total. The van der Waals surface area contributed by atoms with Gasteiger partial charge in [0.15, 0.2) is 17.4 Å². The summed E-state index contributed by atoms with van der Waals surface area (Å²) in [4.78, 5) is 43.8. The molecule has 2 aromatic heterocycles. The van der Waals surface area contributed by atoms with E-state index >= 15 is 0 Å². The largest absolute Gasteiger partial charge is 0.396 e. The molecule has 0 atom stereocenters. The van der Waals surface area contributed by atoms with Gasteiger partial charge in [0.05, 0.1) is 5.69 Å². The van der Waals surface area contributed by atoms with Gasteiger partial charge in [-0.2, -0.15) is 0 Å². The number of halogens is 2. The summed E-state index contributed by atoms with van der Waals surface area (Å²) in [6.07, 6.45) is 2.07. The van der Waals surface area contributed by atoms with Crippen molar-refractivity contribution in [3.05, 3.63) is 99.5 Å². The van der Waals surface area contributed by atoms with Crippen LogP contribution in [0.4, 0.5) is 20.2 Å². The Morgan fingerprint density at radius 1 is 0.972 bits per heavy atom. The summed E-state index contributed by atoms with van der Waals surface area (Å²) < 4.78 is 26.5. The number of pyridine rings is 2. The maximum absolute atomic E-state index is 13.4. The summed E-state index contributed by atoms with van der Waals surface area (Å²) in [5, 5.41) is 12.8. The van der Waals surface area contributed by atoms with E-state index in [1.165, 1.54) is 6.07 Å². The van der Waals surface area contributed by atoms with Crippen molar-refractivity contribution in [1.29, 1.82) is 0 Å². The zero-order valence-corrected chi connectivity index (χ0v) is 19.2. The maximum Gasteiger partial charge on any atom is 0.253 e. The van der Waals surface area contributed by atoms with Crippen molar-refractivity contribution in [1.82, 2.24) is 9.97 Å². The van der Waals surface area contributed by atoms with Crippen molar-refractivity contribution in [3.8, 4) is 0 Å². The van der Waals surface area contributed by atoms with Crippen molar-refractivity contribution in [2.24, 2.45) is 0 Å². The Labute approximate surface area is 204 Å². The van der Waals surface area contributed by atoms with E-state index in [0.717, 1.165) is 12.1 Å². The number of fused-ring (bicyclic) bond motifs is 1. The highest BCUT2D eigenvalue weighted by atomic mass is 19.2. The van der Waals surface area contributed by atoms with Crippen molar-refractivity contribution < 1.29 is 23.5 Å². The first-order valence-corrected chi connectivity index (χ1v) is 11.3. The van der Waals surface area contributed by atoms with E-state index in [1.807, 2.05) is 0 Å². The number of carbonyl (C=O) groups excluding carboxylic acids is 2. The van der Waals surface area contributed by atoms with Gasteiger partial charge in [-0.25, -0.2) is 13.8 Å². The number of nitrogens with zero attached hydrogens (tertiary/aromatic N) is 1. The highest BCUT2D eigenvalue weighted by Crippen LogP contribution is 2.25. The fourth-order valence-electron chi connectivity index (χ4n) is 3.78. The van der Waals surface area contributed by atoms with Crippen LogP contribution in [-0.4, -0.2) is 33.2 Å². The van der Waals surface area contributed by atoms with Gasteiger partial charge in [-0.05, 0) is 54.4 Å². The number of rotatable bonds is 10. The first kappa shape index (κ1) is 24.9. The fraction of sp³-hybridized carbons (Fsp3) is 0.185. The monoisotopic (exact) mass is 491 g/mol. The van der Waals surface area contributed by atoms with E-state index in [-0.39, 0.29) is 48.6 Å². The number of carbonyl (C=O) groups is 2. The number of ketones is 2. The number of aliphatic hydroxyl groups excluding tert-OH is 1. The molecule has 0 aliphatic carbocycles. The van der Waals surface area contributed by atoms with Gasteiger partial charge >= 0.3 is 0 Å². The standard InChI is InChI=1S/C27H23F2N3O4/c28-22-8-5-17(15-23(22)29)25(35)12-16-3-6-19(7-4-16)31-24-9-10-30-26-21(24)14-18(27(36)32-26)13-20(34)2-1-11-33/h3-10,14-15,33H,1-2,11-13H2,(H2,30,31,32,36). The number of hydrogen-bond acceptors (Lipinski definition) is 6. The van der Waals surface area contributed by atoms with E-state index < -0.39 is 11.6 Å². The van der Waals surface area contributed by atoms with Crippen LogP contribution in [0.25, 0.3) is 11.0 Å². The minimum atomic E-state index is -1.07. The van der Waals surface area contributed by atoms with Crippen LogP contribution in [0.3, 0.4) is 0 Å². The second-order valence-corrected chi connectivity index (χ2v) is 8.34. The number of aromatic amines is 1. The zero-order chi connectivity index (χ0) is 25.7. The average Bonchev–Trinajstić information content (AvgIpc) is 2.86. The summed E-state index contributed by atoms with van der Waals surface area (Å²) in [5.74, 6) is -2.54. The van der Waals surface area contributed by atoms with Crippen molar-refractivity contribution in [2.75, 3.05) is 11.9 Å². The lowest BCUT2D eigenvalue weighted by atomic mass is 10.0. The lowest BCUT2D eigenvalue weighted by Crippen LogP contribution is -2.17. The molecular formula is C27H23F2N3O4. The number of aliphatic hydroxyl groups is 1. The second kappa shape index (κ2) is 11.0. The van der Waals surface area contributed by atoms with Gasteiger partial charge in [0.2, 0.25) is 0 Å². The van der Waals surface area contributed by atoms with Crippen LogP contribution in [0.5, 0.6) is 0 Å². The second-order valence-electron chi connectivity index (χ2n) is 8.34. The normalized spacial score (nSPS) is 11.0. The minimum Gasteiger partial charge on any atom is -0.396 e. The molecule has 0 unspecified atom stereocenters. The van der Waals surface area contributed by atoms with Crippen molar-refractivity contribution in [2.45, 2.75) is 25.7 Å². The Bertz CT molecular complexity index is 1480. The molecule has 0 saturated carbocycles. The molecule has 0 spiro atoms. The number of Topliss-reactive ketones (excluding diaryl/α,β-unsaturated/α-hetero) is 2. The third-order valence-electron chi connectivity index (χ3n) is 5.67. The molecule has 9 heteroatoms. The van der Waals surface area contributed by atoms with Crippen LogP contribution < -0.4 is 10.9 Å². The molecule has 36 heavy (non-hydrogen) atoms. The molecule has 0 aliphatic heterocycles. The summed E-state index contributed by atoms with van der Waals surface area (Å²) in [7, 11) is 0. The Hall–Kier alpha value is -4.24. The van der Waals surface area contributed by atoms with Crippen LogP contribution in [0.1, 0.15) is 34.3 Å². The topological polar surface area (TPSA) is 112 Å². The van der Waals surface area contributed by atoms with E-state index in [2.05, 4.69) is 15.3 Å². The molecule has 0 aliphatic rings. The van der Waals surface area contributed by atoms with Crippen LogP contribution in [0.15, 0.2) is 65.6 Å². The minimum absolute atomic E-state index is 0.0262. The Kier molecular flexibility index (Phi) is 7.60. The molecule has 2 heterocycles. The molecule has 0 radical (unpaired) electrons. The van der Waals surface area contributed by atoms with Crippen molar-refractivity contribution >= 4 is 34.0 Å². The van der Waals surface area contributed by atoms with Crippen LogP contribution in [0, 0.1) is 11.6 Å². The third-order valence-corrected chi connectivity index (χ3v) is 5.67. The lowest BCUT2D eigenvalue weighted by Gasteiger charge is -2.11. The van der Waals surface area contributed by atoms with Gasteiger partial charge in [0.25, 0.3) is 5.56 Å². The van der Waals surface area contributed by atoms with Gasteiger partial charge in [-0.3, -0.25) is 14.4 Å². The molecular weight excluding hydrogens is 468 g/mol. The number of aromatic nitrogens is 2. The van der Waals surface area contributed by atoms with Crippen molar-refractivity contribution in [3.63, 3.8) is 0 Å². The summed E-state index contributed by atoms with van der Waals surface area (Å²) in [6.45, 7) is -0.0878. The smallest absolute Gasteiger partial charge is 0.253 e. The molecule has 0 amide bonds. The van der Waals surface area contributed by atoms with Crippen LogP contribution >= 0.6 is 0 Å². The van der Waals surface area contributed by atoms with Crippen LogP contribution in [0.2, 0.25) is 0 Å². The molecule has 184 valence electrons. The van der Waals surface area contributed by atoms with Gasteiger partial charge in [0.1, 0.15) is 11.4 Å². The predicted octanol–water partition coefficient (Wildman–Crippen LogP) is 4.25.